The number of hydrogen-bond donors (Lipinski definition) is 1. The molecule has 2 nitrogen and oxygen atoms in total. The van der Waals surface area contributed by atoms with E-state index in [1.807, 2.05) is 0 Å². The topological polar surface area (TPSA) is 35.2 Å². The predicted molar refractivity (Wildman–Crippen MR) is 51.5 cm³/mol. The van der Waals surface area contributed by atoms with Gasteiger partial charge in [-0.1, -0.05) is 0 Å². The molecule has 0 aromatic carbocycles. The van der Waals surface area contributed by atoms with Crippen LogP contribution in [0.5, 0.6) is 0 Å². The van der Waals surface area contributed by atoms with Crippen LogP contribution in [-0.2, 0) is 4.74 Å². The first-order chi connectivity index (χ1) is 6.90. The van der Waals surface area contributed by atoms with Crippen molar-refractivity contribution < 1.29 is 17.9 Å². The number of ether oxygens (including phenoxy) is 1. The van der Waals surface area contributed by atoms with Gasteiger partial charge in [0.1, 0.15) is 0 Å². The fraction of sp³-hybridized carbons (Fsp3) is 1.00. The molecule has 2 N–H and O–H groups in total. The summed E-state index contributed by atoms with van der Waals surface area (Å²) in [7, 11) is 1.59. The number of nitrogens with two attached hydrogens (primary N) is 1. The second-order valence-electron chi connectivity index (χ2n) is 4.24. The zero-order chi connectivity index (χ0) is 11.5. The molecule has 0 bridgehead atoms. The zero-order valence-corrected chi connectivity index (χ0v) is 8.94. The lowest BCUT2D eigenvalue weighted by molar-refractivity contribution is -0.138. The number of methoxy groups -OCH3 is 1. The first-order valence-electron chi connectivity index (χ1n) is 5.27. The van der Waals surface area contributed by atoms with Gasteiger partial charge in [-0.3, -0.25) is 0 Å². The third kappa shape index (κ3) is 3.34. The summed E-state index contributed by atoms with van der Waals surface area (Å²) in [6.45, 7) is 0. The molecule has 1 saturated carbocycles. The van der Waals surface area contributed by atoms with Gasteiger partial charge < -0.3 is 10.5 Å². The van der Waals surface area contributed by atoms with Gasteiger partial charge in [0.05, 0.1) is 5.60 Å². The molecule has 1 aliphatic carbocycles. The Morgan fingerprint density at radius 2 is 2.00 bits per heavy atom. The molecule has 0 spiro atoms. The van der Waals surface area contributed by atoms with Crippen LogP contribution < -0.4 is 5.73 Å². The normalized spacial score (nSPS) is 22.2. The number of rotatable bonds is 5. The average Bonchev–Trinajstić information content (AvgIpc) is 2.00. The molecule has 1 aliphatic rings. The monoisotopic (exact) mass is 225 g/mol. The predicted octanol–water partition coefficient (Wildman–Crippen LogP) is 2.62. The van der Waals surface area contributed by atoms with Crippen molar-refractivity contribution in [3.63, 3.8) is 0 Å². The van der Waals surface area contributed by atoms with Crippen molar-refractivity contribution in [3.8, 4) is 0 Å². The summed E-state index contributed by atoms with van der Waals surface area (Å²) in [5, 5.41) is 0. The van der Waals surface area contributed by atoms with Gasteiger partial charge in [0.25, 0.3) is 0 Å². The lowest BCUT2D eigenvalue weighted by Gasteiger charge is -2.45. The summed E-state index contributed by atoms with van der Waals surface area (Å²) in [4.78, 5) is 0. The quantitative estimate of drug-likeness (QED) is 0.780. The summed E-state index contributed by atoms with van der Waals surface area (Å²) in [5.74, 6) is 0. The van der Waals surface area contributed by atoms with Gasteiger partial charge in [0, 0.05) is 19.6 Å². The molecule has 1 unspecified atom stereocenters. The van der Waals surface area contributed by atoms with Gasteiger partial charge in [-0.2, -0.15) is 13.2 Å². The highest BCUT2D eigenvalue weighted by Gasteiger charge is 2.42. The van der Waals surface area contributed by atoms with E-state index >= 15 is 0 Å². The van der Waals surface area contributed by atoms with Crippen molar-refractivity contribution in [1.82, 2.24) is 0 Å². The Morgan fingerprint density at radius 1 is 1.40 bits per heavy atom. The first kappa shape index (κ1) is 12.8. The van der Waals surface area contributed by atoms with Crippen molar-refractivity contribution in [2.24, 2.45) is 5.73 Å². The minimum Gasteiger partial charge on any atom is -0.377 e. The van der Waals surface area contributed by atoms with Crippen LogP contribution in [0.2, 0.25) is 0 Å². The van der Waals surface area contributed by atoms with Crippen LogP contribution in [0.1, 0.15) is 38.5 Å². The van der Waals surface area contributed by atoms with E-state index in [0.717, 1.165) is 19.3 Å². The van der Waals surface area contributed by atoms with E-state index in [9.17, 15) is 13.2 Å². The fourth-order valence-corrected chi connectivity index (χ4v) is 2.04. The Kier molecular flexibility index (Phi) is 4.00. The summed E-state index contributed by atoms with van der Waals surface area (Å²) >= 11 is 0. The highest BCUT2D eigenvalue weighted by atomic mass is 19.4. The second-order valence-corrected chi connectivity index (χ2v) is 4.24. The van der Waals surface area contributed by atoms with Crippen LogP contribution in [0.15, 0.2) is 0 Å². The average molecular weight is 225 g/mol. The van der Waals surface area contributed by atoms with E-state index < -0.39 is 12.6 Å². The molecule has 1 fully saturated rings. The van der Waals surface area contributed by atoms with E-state index in [2.05, 4.69) is 0 Å². The first-order valence-corrected chi connectivity index (χ1v) is 5.27. The summed E-state index contributed by atoms with van der Waals surface area (Å²) < 4.78 is 41.0. The molecule has 0 aromatic heterocycles. The summed E-state index contributed by atoms with van der Waals surface area (Å²) in [6.07, 6.45) is -1.54. The molecule has 0 aliphatic heterocycles. The molecule has 0 radical (unpaired) electrons. The lowest BCUT2D eigenvalue weighted by Crippen LogP contribution is -2.54. The Bertz CT molecular complexity index is 196. The number of halogens is 3. The zero-order valence-electron chi connectivity index (χ0n) is 8.94. The van der Waals surface area contributed by atoms with Crippen LogP contribution in [0, 0.1) is 0 Å². The Morgan fingerprint density at radius 3 is 2.33 bits per heavy atom. The van der Waals surface area contributed by atoms with Gasteiger partial charge in [0.2, 0.25) is 0 Å². The molecular weight excluding hydrogens is 207 g/mol. The van der Waals surface area contributed by atoms with Crippen LogP contribution in [0.4, 0.5) is 13.2 Å². The van der Waals surface area contributed by atoms with Crippen molar-refractivity contribution in [1.29, 1.82) is 0 Å². The third-order valence-electron chi connectivity index (χ3n) is 3.26. The number of alkyl halides is 3. The van der Waals surface area contributed by atoms with Gasteiger partial charge in [-0.05, 0) is 32.1 Å². The highest BCUT2D eigenvalue weighted by molar-refractivity contribution is 4.97. The van der Waals surface area contributed by atoms with Crippen LogP contribution in [0.3, 0.4) is 0 Å². The van der Waals surface area contributed by atoms with Gasteiger partial charge in [-0.25, -0.2) is 0 Å². The summed E-state index contributed by atoms with van der Waals surface area (Å²) in [6, 6.07) is -0.265. The third-order valence-corrected chi connectivity index (χ3v) is 3.26. The van der Waals surface area contributed by atoms with Crippen LogP contribution in [0.25, 0.3) is 0 Å². The number of hydrogen-bond acceptors (Lipinski definition) is 2. The van der Waals surface area contributed by atoms with Gasteiger partial charge >= 0.3 is 6.18 Å². The van der Waals surface area contributed by atoms with E-state index in [0.29, 0.717) is 6.42 Å². The van der Waals surface area contributed by atoms with Crippen molar-refractivity contribution >= 4 is 0 Å². The minimum atomic E-state index is -4.07. The van der Waals surface area contributed by atoms with Crippen molar-refractivity contribution in [2.75, 3.05) is 7.11 Å². The molecule has 15 heavy (non-hydrogen) atoms. The molecule has 90 valence electrons. The molecule has 5 heteroatoms. The molecule has 0 amide bonds. The molecule has 1 atom stereocenters. The molecule has 0 aromatic rings. The standard InChI is InChI=1S/C10H18F3NO/c1-15-9(5-3-6-9)8(14)4-2-7-10(11,12)13/h8H,2-7,14H2,1H3. The maximum absolute atomic E-state index is 11.9. The van der Waals surface area contributed by atoms with E-state index in [1.165, 1.54) is 0 Å². The Labute approximate surface area is 88.0 Å². The molecule has 0 heterocycles. The lowest BCUT2D eigenvalue weighted by atomic mass is 9.73. The SMILES string of the molecule is COC1(C(N)CCCC(F)(F)F)CCC1. The largest absolute Gasteiger partial charge is 0.389 e. The fourth-order valence-electron chi connectivity index (χ4n) is 2.04. The molecular formula is C10H18F3NO. The minimum absolute atomic E-state index is 0.0930. The summed E-state index contributed by atoms with van der Waals surface area (Å²) in [5.41, 5.74) is 5.52. The highest BCUT2D eigenvalue weighted by Crippen LogP contribution is 2.39. The molecule has 0 saturated heterocycles. The maximum atomic E-state index is 11.9. The second kappa shape index (κ2) is 4.70. The molecule has 1 rings (SSSR count). The van der Waals surface area contributed by atoms with E-state index in [-0.39, 0.29) is 18.1 Å². The smallest absolute Gasteiger partial charge is 0.377 e. The van der Waals surface area contributed by atoms with Gasteiger partial charge in [0.15, 0.2) is 0 Å². The Hall–Kier alpha value is -0.290. The van der Waals surface area contributed by atoms with Gasteiger partial charge in [-0.15, -0.1) is 0 Å². The van der Waals surface area contributed by atoms with Crippen molar-refractivity contribution in [2.45, 2.75) is 56.3 Å². The Balaban J connectivity index is 2.26. The van der Waals surface area contributed by atoms with Crippen molar-refractivity contribution in [3.05, 3.63) is 0 Å². The maximum Gasteiger partial charge on any atom is 0.389 e. The van der Waals surface area contributed by atoms with E-state index in [4.69, 9.17) is 10.5 Å². The van der Waals surface area contributed by atoms with Crippen LogP contribution in [-0.4, -0.2) is 24.9 Å². The van der Waals surface area contributed by atoms with Crippen LogP contribution >= 0.6 is 0 Å². The van der Waals surface area contributed by atoms with E-state index in [1.54, 1.807) is 7.11 Å².